The molecule has 4 saturated heterocycles. The van der Waals surface area contributed by atoms with Crippen LogP contribution in [0.5, 0.6) is 0 Å². The number of hydrogen-bond acceptors (Lipinski definition) is 7. The van der Waals surface area contributed by atoms with Crippen LogP contribution < -0.4 is 4.90 Å². The van der Waals surface area contributed by atoms with Crippen LogP contribution in [0.15, 0.2) is 24.3 Å². The lowest BCUT2D eigenvalue weighted by Gasteiger charge is -2.66. The van der Waals surface area contributed by atoms with E-state index in [9.17, 15) is 20.2 Å². The van der Waals surface area contributed by atoms with Gasteiger partial charge in [0, 0.05) is 29.6 Å². The number of rotatable bonds is 4. The fraction of sp³-hybridized carbons (Fsp3) is 0.667. The van der Waals surface area contributed by atoms with Gasteiger partial charge in [0.2, 0.25) is 0 Å². The molecule has 0 spiro atoms. The van der Waals surface area contributed by atoms with Gasteiger partial charge in [-0.25, -0.2) is 0 Å². The lowest BCUT2D eigenvalue weighted by atomic mass is 9.53. The van der Waals surface area contributed by atoms with Crippen molar-refractivity contribution in [3.05, 3.63) is 50.1 Å². The van der Waals surface area contributed by atoms with Crippen LogP contribution in [0, 0.1) is 25.6 Å². The number of piperidine rings is 2. The number of nitrogens with zero attached hydrogens (tertiary/aromatic N) is 5. The summed E-state index contributed by atoms with van der Waals surface area (Å²) in [4.78, 5) is 29.6. The summed E-state index contributed by atoms with van der Waals surface area (Å²) in [7, 11) is 3.93. The highest BCUT2D eigenvalue weighted by atomic mass is 16.6. The molecule has 4 heterocycles. The molecule has 0 N–H and O–H groups in total. The zero-order chi connectivity index (χ0) is 19.8. The van der Waals surface area contributed by atoms with Crippen molar-refractivity contribution in [3.63, 3.8) is 0 Å². The minimum Gasteiger partial charge on any atom is -0.378 e. The van der Waals surface area contributed by atoms with Crippen molar-refractivity contribution < 1.29 is 9.85 Å². The van der Waals surface area contributed by atoms with Gasteiger partial charge < -0.3 is 4.90 Å². The third kappa shape index (κ3) is 2.06. The highest BCUT2D eigenvalue weighted by molar-refractivity contribution is 5.46. The Hall–Kier alpha value is -2.26. The summed E-state index contributed by atoms with van der Waals surface area (Å²) in [6.45, 7) is 4.36. The number of hydrogen-bond donors (Lipinski definition) is 0. The Morgan fingerprint density at radius 2 is 1.33 bits per heavy atom. The fourth-order valence-corrected chi connectivity index (χ4v) is 5.41. The first-order valence-corrected chi connectivity index (χ1v) is 9.10. The van der Waals surface area contributed by atoms with E-state index in [1.165, 1.54) is 0 Å². The van der Waals surface area contributed by atoms with Crippen LogP contribution in [0.25, 0.3) is 0 Å². The molecule has 1 aromatic rings. The molecule has 27 heavy (non-hydrogen) atoms. The Balaban J connectivity index is 1.77. The smallest absolute Gasteiger partial charge is 0.259 e. The van der Waals surface area contributed by atoms with E-state index in [1.807, 2.05) is 53.1 Å². The molecule has 0 amide bonds. The van der Waals surface area contributed by atoms with Gasteiger partial charge in [-0.3, -0.25) is 30.0 Å². The molecule has 4 fully saturated rings. The van der Waals surface area contributed by atoms with Crippen molar-refractivity contribution in [1.82, 2.24) is 9.80 Å². The normalized spacial score (nSPS) is 38.6. The van der Waals surface area contributed by atoms with Crippen molar-refractivity contribution >= 4 is 5.69 Å². The maximum Gasteiger partial charge on any atom is 0.259 e. The lowest BCUT2D eigenvalue weighted by Crippen LogP contribution is -2.88. The highest BCUT2D eigenvalue weighted by Crippen LogP contribution is 2.58. The largest absolute Gasteiger partial charge is 0.378 e. The van der Waals surface area contributed by atoms with Crippen LogP contribution in [0.2, 0.25) is 0 Å². The Morgan fingerprint density at radius 3 is 1.67 bits per heavy atom. The van der Waals surface area contributed by atoms with Crippen molar-refractivity contribution in [2.24, 2.45) is 5.41 Å². The van der Waals surface area contributed by atoms with E-state index in [2.05, 4.69) is 0 Å². The lowest BCUT2D eigenvalue weighted by molar-refractivity contribution is -0.679. The summed E-state index contributed by atoms with van der Waals surface area (Å²) in [5.74, 6) is 0. The molecule has 4 aliphatic rings. The van der Waals surface area contributed by atoms with Crippen LogP contribution in [-0.4, -0.2) is 71.0 Å². The molecule has 0 radical (unpaired) electrons. The van der Waals surface area contributed by atoms with Crippen LogP contribution in [0.3, 0.4) is 0 Å². The average molecular weight is 375 g/mol. The first kappa shape index (κ1) is 18.1. The topological polar surface area (TPSA) is 96.0 Å². The first-order chi connectivity index (χ1) is 12.6. The summed E-state index contributed by atoms with van der Waals surface area (Å²) >= 11 is 0. The van der Waals surface area contributed by atoms with Gasteiger partial charge in [-0.15, -0.1) is 0 Å². The van der Waals surface area contributed by atoms with E-state index >= 15 is 0 Å². The minimum atomic E-state index is -1.34. The van der Waals surface area contributed by atoms with E-state index in [0.717, 1.165) is 11.3 Å². The molecule has 9 heteroatoms. The van der Waals surface area contributed by atoms with Crippen molar-refractivity contribution in [2.75, 3.05) is 45.2 Å². The van der Waals surface area contributed by atoms with Gasteiger partial charge in [-0.05, 0) is 31.5 Å². The number of nitro groups is 2. The number of benzene rings is 1. The zero-order valence-electron chi connectivity index (χ0n) is 16.1. The highest BCUT2D eigenvalue weighted by Gasteiger charge is 2.81. The second-order valence-corrected chi connectivity index (χ2v) is 8.87. The van der Waals surface area contributed by atoms with Crippen molar-refractivity contribution in [2.45, 2.75) is 31.1 Å². The standard InChI is InChI=1S/C18H25N5O4/c1-16(2)17(22(24)25)9-20-11-18(16,23(26)27)12-21(10-17)15(20)13-5-7-14(8-6-13)19(3)4/h5-8,15H,9-12H2,1-4H3. The Bertz CT molecular complexity index is 754. The molecule has 0 unspecified atom stereocenters. The predicted molar refractivity (Wildman–Crippen MR) is 99.9 cm³/mol. The molecule has 5 rings (SSSR count). The molecule has 4 bridgehead atoms. The predicted octanol–water partition coefficient (Wildman–Crippen LogP) is 1.45. The van der Waals surface area contributed by atoms with E-state index in [1.54, 1.807) is 13.8 Å². The quantitative estimate of drug-likeness (QED) is 0.580. The Kier molecular flexibility index (Phi) is 3.61. The van der Waals surface area contributed by atoms with Crippen LogP contribution in [-0.2, 0) is 0 Å². The van der Waals surface area contributed by atoms with Crippen LogP contribution in [0.4, 0.5) is 5.69 Å². The summed E-state index contributed by atoms with van der Waals surface area (Å²) in [5, 5.41) is 24.2. The van der Waals surface area contributed by atoms with E-state index in [0.29, 0.717) is 0 Å². The van der Waals surface area contributed by atoms with Crippen molar-refractivity contribution in [3.8, 4) is 0 Å². The summed E-state index contributed by atoms with van der Waals surface area (Å²) in [6.07, 6.45) is -0.154. The Morgan fingerprint density at radius 1 is 0.926 bits per heavy atom. The molecule has 0 atom stereocenters. The fourth-order valence-electron chi connectivity index (χ4n) is 5.41. The molecule has 0 aliphatic carbocycles. The van der Waals surface area contributed by atoms with Gasteiger partial charge in [-0.1, -0.05) is 12.1 Å². The molecular formula is C18H25N5O4. The maximum atomic E-state index is 12.1. The molecule has 9 nitrogen and oxygen atoms in total. The SMILES string of the molecule is CN(C)c1ccc(C2N3CC4([N+](=O)[O-])CN2CC([N+](=O)[O-])(C3)C4(C)C)cc1. The van der Waals surface area contributed by atoms with Crippen LogP contribution in [0.1, 0.15) is 25.6 Å². The molecule has 0 aromatic heterocycles. The van der Waals surface area contributed by atoms with Gasteiger partial charge in [0.05, 0.1) is 32.3 Å². The molecular weight excluding hydrogens is 350 g/mol. The third-order valence-electron chi connectivity index (χ3n) is 7.28. The minimum absolute atomic E-state index is 0.154. The average Bonchev–Trinajstić information content (AvgIpc) is 2.58. The summed E-state index contributed by atoms with van der Waals surface area (Å²) in [6, 6.07) is 8.06. The van der Waals surface area contributed by atoms with Gasteiger partial charge in [0.25, 0.3) is 11.1 Å². The first-order valence-electron chi connectivity index (χ1n) is 9.10. The van der Waals surface area contributed by atoms with E-state index in [-0.39, 0.29) is 42.2 Å². The second kappa shape index (κ2) is 5.39. The van der Waals surface area contributed by atoms with E-state index < -0.39 is 16.5 Å². The monoisotopic (exact) mass is 375 g/mol. The third-order valence-corrected chi connectivity index (χ3v) is 7.28. The van der Waals surface area contributed by atoms with Gasteiger partial charge >= 0.3 is 0 Å². The zero-order valence-corrected chi connectivity index (χ0v) is 16.1. The van der Waals surface area contributed by atoms with Gasteiger partial charge in [-0.2, -0.15) is 0 Å². The molecule has 1 aromatic carbocycles. The summed E-state index contributed by atoms with van der Waals surface area (Å²) < 4.78 is 0. The number of anilines is 1. The molecule has 146 valence electrons. The van der Waals surface area contributed by atoms with E-state index in [4.69, 9.17) is 0 Å². The van der Waals surface area contributed by atoms with Crippen LogP contribution >= 0.6 is 0 Å². The van der Waals surface area contributed by atoms with Gasteiger partial charge in [0.1, 0.15) is 5.41 Å². The van der Waals surface area contributed by atoms with Gasteiger partial charge in [0.15, 0.2) is 0 Å². The second-order valence-electron chi connectivity index (χ2n) is 8.87. The van der Waals surface area contributed by atoms with Crippen molar-refractivity contribution in [1.29, 1.82) is 0 Å². The molecule has 0 saturated carbocycles. The maximum absolute atomic E-state index is 12.1. The summed E-state index contributed by atoms with van der Waals surface area (Å²) in [5.41, 5.74) is -1.61. The molecule has 4 aliphatic heterocycles. The Labute approximate surface area is 157 Å².